The maximum Gasteiger partial charge on any atom is 0.182 e. The van der Waals surface area contributed by atoms with Gasteiger partial charge in [0.15, 0.2) is 11.5 Å². The molecular weight excluding hydrogens is 212 g/mol. The summed E-state index contributed by atoms with van der Waals surface area (Å²) in [5.41, 5.74) is 0.387. The van der Waals surface area contributed by atoms with Crippen molar-refractivity contribution in [3.63, 3.8) is 0 Å². The fraction of sp³-hybridized carbons (Fsp3) is 0.615. The van der Waals surface area contributed by atoms with E-state index in [4.69, 9.17) is 5.26 Å². The minimum Gasteiger partial charge on any atom is -0.365 e. The number of anilines is 1. The topological polar surface area (TPSA) is 61.6 Å². The van der Waals surface area contributed by atoms with Crippen LogP contribution in [0.1, 0.15) is 38.8 Å². The zero-order valence-corrected chi connectivity index (χ0v) is 10.3. The van der Waals surface area contributed by atoms with Gasteiger partial charge in [-0.15, -0.1) is 0 Å². The van der Waals surface area contributed by atoms with Gasteiger partial charge in [0.25, 0.3) is 0 Å². The smallest absolute Gasteiger partial charge is 0.182 e. The molecule has 0 radical (unpaired) electrons. The number of hydrogen-bond donors (Lipinski definition) is 1. The third-order valence-corrected chi connectivity index (χ3v) is 3.83. The van der Waals surface area contributed by atoms with Gasteiger partial charge in [-0.25, -0.2) is 9.97 Å². The van der Waals surface area contributed by atoms with Crippen LogP contribution in [0, 0.1) is 23.2 Å². The van der Waals surface area contributed by atoms with E-state index in [2.05, 4.69) is 35.2 Å². The van der Waals surface area contributed by atoms with E-state index in [1.807, 2.05) is 0 Å². The molecule has 1 aromatic rings. The van der Waals surface area contributed by atoms with Gasteiger partial charge in [-0.05, 0) is 18.3 Å². The molecule has 0 amide bonds. The second kappa shape index (κ2) is 5.13. The molecule has 4 heteroatoms. The van der Waals surface area contributed by atoms with Crippen molar-refractivity contribution >= 4 is 5.82 Å². The van der Waals surface area contributed by atoms with Crippen LogP contribution in [-0.4, -0.2) is 16.0 Å². The van der Waals surface area contributed by atoms with Gasteiger partial charge in [-0.2, -0.15) is 5.26 Å². The lowest BCUT2D eigenvalue weighted by Crippen LogP contribution is -2.35. The van der Waals surface area contributed by atoms with Crippen LogP contribution in [0.15, 0.2) is 12.4 Å². The van der Waals surface area contributed by atoms with Crippen LogP contribution in [0.3, 0.4) is 0 Å². The van der Waals surface area contributed by atoms with Crippen molar-refractivity contribution in [1.82, 2.24) is 9.97 Å². The number of nitrogens with zero attached hydrogens (tertiary/aromatic N) is 3. The molecule has 2 rings (SSSR count). The van der Waals surface area contributed by atoms with Crippen LogP contribution in [-0.2, 0) is 0 Å². The molecule has 0 aliphatic heterocycles. The molecular formula is C13H18N4. The highest BCUT2D eigenvalue weighted by molar-refractivity contribution is 5.47. The summed E-state index contributed by atoms with van der Waals surface area (Å²) in [6, 6.07) is 2.48. The Hall–Kier alpha value is -1.63. The highest BCUT2D eigenvalue weighted by atomic mass is 15.0. The van der Waals surface area contributed by atoms with E-state index in [9.17, 15) is 0 Å². The zero-order valence-electron chi connectivity index (χ0n) is 10.3. The van der Waals surface area contributed by atoms with Crippen LogP contribution in [0.5, 0.6) is 0 Å². The lowest BCUT2D eigenvalue weighted by Gasteiger charge is -2.34. The average Bonchev–Trinajstić information content (AvgIpc) is 2.35. The molecule has 1 fully saturated rings. The standard InChI is InChI=1S/C13H18N4/c1-9-4-3-5-11(10(9)2)17-13-12(8-14)15-6-7-16-13/h6-7,9-11H,3-5H2,1-2H3,(H,16,17). The van der Waals surface area contributed by atoms with Crippen molar-refractivity contribution in [3.05, 3.63) is 18.1 Å². The fourth-order valence-corrected chi connectivity index (χ4v) is 2.49. The third kappa shape index (κ3) is 2.55. The summed E-state index contributed by atoms with van der Waals surface area (Å²) in [6.45, 7) is 4.56. The second-order valence-electron chi connectivity index (χ2n) is 4.88. The molecule has 0 spiro atoms. The predicted octanol–water partition coefficient (Wildman–Crippen LogP) is 2.58. The minimum atomic E-state index is 0.387. The van der Waals surface area contributed by atoms with Crippen LogP contribution in [0.4, 0.5) is 5.82 Å². The Kier molecular flexibility index (Phi) is 3.58. The Bertz CT molecular complexity index is 424. The van der Waals surface area contributed by atoms with Gasteiger partial charge in [0.2, 0.25) is 0 Å². The van der Waals surface area contributed by atoms with E-state index in [0.717, 1.165) is 12.3 Å². The minimum absolute atomic E-state index is 0.387. The molecule has 0 saturated heterocycles. The number of rotatable bonds is 2. The first-order valence-corrected chi connectivity index (χ1v) is 6.20. The zero-order chi connectivity index (χ0) is 12.3. The van der Waals surface area contributed by atoms with Crippen LogP contribution >= 0.6 is 0 Å². The Morgan fingerprint density at radius 1 is 1.29 bits per heavy atom. The summed E-state index contributed by atoms with van der Waals surface area (Å²) in [6.07, 6.45) is 6.86. The normalized spacial score (nSPS) is 28.4. The molecule has 3 atom stereocenters. The fourth-order valence-electron chi connectivity index (χ4n) is 2.49. The van der Waals surface area contributed by atoms with Gasteiger partial charge >= 0.3 is 0 Å². The number of nitriles is 1. The van der Waals surface area contributed by atoms with Crippen molar-refractivity contribution in [3.8, 4) is 6.07 Å². The molecule has 90 valence electrons. The quantitative estimate of drug-likeness (QED) is 0.848. The van der Waals surface area contributed by atoms with Crippen molar-refractivity contribution in [2.24, 2.45) is 11.8 Å². The Labute approximate surface area is 102 Å². The van der Waals surface area contributed by atoms with Gasteiger partial charge in [-0.3, -0.25) is 0 Å². The maximum atomic E-state index is 8.97. The molecule has 1 saturated carbocycles. The molecule has 3 unspecified atom stereocenters. The Balaban J connectivity index is 2.12. The molecule has 1 aliphatic carbocycles. The van der Waals surface area contributed by atoms with Gasteiger partial charge in [0.05, 0.1) is 0 Å². The maximum absolute atomic E-state index is 8.97. The van der Waals surface area contributed by atoms with E-state index in [-0.39, 0.29) is 0 Å². The monoisotopic (exact) mass is 230 g/mol. The first kappa shape index (κ1) is 11.8. The summed E-state index contributed by atoms with van der Waals surface area (Å²) in [4.78, 5) is 8.23. The Morgan fingerprint density at radius 2 is 2.06 bits per heavy atom. The molecule has 17 heavy (non-hydrogen) atoms. The molecule has 1 aliphatic rings. The van der Waals surface area contributed by atoms with Crippen LogP contribution < -0.4 is 5.32 Å². The largest absolute Gasteiger partial charge is 0.365 e. The molecule has 1 N–H and O–H groups in total. The van der Waals surface area contributed by atoms with Crippen LogP contribution in [0.2, 0.25) is 0 Å². The van der Waals surface area contributed by atoms with E-state index < -0.39 is 0 Å². The van der Waals surface area contributed by atoms with E-state index in [1.165, 1.54) is 12.8 Å². The SMILES string of the molecule is CC1CCCC(Nc2nccnc2C#N)C1C. The number of aromatic nitrogens is 2. The summed E-state index contributed by atoms with van der Waals surface area (Å²) in [5.74, 6) is 1.96. The summed E-state index contributed by atoms with van der Waals surface area (Å²) in [7, 11) is 0. The first-order valence-electron chi connectivity index (χ1n) is 6.20. The van der Waals surface area contributed by atoms with Crippen molar-refractivity contribution < 1.29 is 0 Å². The average molecular weight is 230 g/mol. The third-order valence-electron chi connectivity index (χ3n) is 3.83. The molecule has 0 bridgehead atoms. The van der Waals surface area contributed by atoms with Crippen LogP contribution in [0.25, 0.3) is 0 Å². The number of nitrogens with one attached hydrogen (secondary N) is 1. The highest BCUT2D eigenvalue weighted by Gasteiger charge is 2.27. The molecule has 1 heterocycles. The second-order valence-corrected chi connectivity index (χ2v) is 4.88. The van der Waals surface area contributed by atoms with Crippen molar-refractivity contribution in [2.45, 2.75) is 39.2 Å². The van der Waals surface area contributed by atoms with Crippen molar-refractivity contribution in [2.75, 3.05) is 5.32 Å². The van der Waals surface area contributed by atoms with E-state index in [0.29, 0.717) is 23.5 Å². The predicted molar refractivity (Wildman–Crippen MR) is 66.3 cm³/mol. The van der Waals surface area contributed by atoms with E-state index in [1.54, 1.807) is 12.4 Å². The summed E-state index contributed by atoms with van der Waals surface area (Å²) < 4.78 is 0. The summed E-state index contributed by atoms with van der Waals surface area (Å²) in [5, 5.41) is 12.4. The lowest BCUT2D eigenvalue weighted by atomic mass is 9.78. The summed E-state index contributed by atoms with van der Waals surface area (Å²) >= 11 is 0. The molecule has 4 nitrogen and oxygen atoms in total. The molecule has 0 aromatic carbocycles. The van der Waals surface area contributed by atoms with Crippen molar-refractivity contribution in [1.29, 1.82) is 5.26 Å². The number of hydrogen-bond acceptors (Lipinski definition) is 4. The Morgan fingerprint density at radius 3 is 2.82 bits per heavy atom. The van der Waals surface area contributed by atoms with Gasteiger partial charge in [-0.1, -0.05) is 26.7 Å². The van der Waals surface area contributed by atoms with Gasteiger partial charge in [0, 0.05) is 18.4 Å². The van der Waals surface area contributed by atoms with Gasteiger partial charge in [0.1, 0.15) is 6.07 Å². The van der Waals surface area contributed by atoms with Gasteiger partial charge < -0.3 is 5.32 Å². The molecule has 1 aromatic heterocycles. The van der Waals surface area contributed by atoms with E-state index >= 15 is 0 Å². The lowest BCUT2D eigenvalue weighted by molar-refractivity contribution is 0.253. The first-order chi connectivity index (χ1) is 8.22. The highest BCUT2D eigenvalue weighted by Crippen LogP contribution is 2.31.